The summed E-state index contributed by atoms with van der Waals surface area (Å²) in [7, 11) is 0. The molecule has 0 fully saturated rings. The first-order valence-corrected chi connectivity index (χ1v) is 6.06. The maximum absolute atomic E-state index is 13.3. The average molecular weight is 255 g/mol. The summed E-state index contributed by atoms with van der Waals surface area (Å²) >= 11 is 1.25. The number of oxazole rings is 1. The second-order valence-corrected chi connectivity index (χ2v) is 4.55. The summed E-state index contributed by atoms with van der Waals surface area (Å²) in [6.07, 6.45) is 0. The van der Waals surface area contributed by atoms with E-state index >= 15 is 0 Å². The Morgan fingerprint density at radius 2 is 2.06 bits per heavy atom. The van der Waals surface area contributed by atoms with Crippen LogP contribution in [0.25, 0.3) is 0 Å². The van der Waals surface area contributed by atoms with E-state index in [2.05, 4.69) is 4.98 Å². The van der Waals surface area contributed by atoms with Gasteiger partial charge in [0.25, 0.3) is 5.22 Å². The van der Waals surface area contributed by atoms with Crippen molar-refractivity contribution < 1.29 is 13.2 Å². The third-order valence-electron chi connectivity index (χ3n) is 2.39. The van der Waals surface area contributed by atoms with E-state index in [0.717, 1.165) is 17.5 Å². The Morgan fingerprint density at radius 1 is 1.29 bits per heavy atom. The number of nitrogens with zero attached hydrogens (tertiary/aromatic N) is 1. The van der Waals surface area contributed by atoms with Gasteiger partial charge in [-0.15, -0.1) is 0 Å². The summed E-state index contributed by atoms with van der Waals surface area (Å²) in [5.74, 6) is -0.599. The molecule has 0 N–H and O–H groups in total. The van der Waals surface area contributed by atoms with Gasteiger partial charge in [-0.25, -0.2) is 13.8 Å². The van der Waals surface area contributed by atoms with Crippen LogP contribution in [-0.2, 0) is 5.75 Å². The second-order valence-electron chi connectivity index (χ2n) is 3.62. The van der Waals surface area contributed by atoms with Crippen molar-refractivity contribution in [2.75, 3.05) is 0 Å². The van der Waals surface area contributed by atoms with Gasteiger partial charge in [0.1, 0.15) is 5.76 Å². The number of benzene rings is 1. The first-order chi connectivity index (χ1) is 8.08. The zero-order valence-electron chi connectivity index (χ0n) is 9.46. The predicted octanol–water partition coefficient (Wildman–Crippen LogP) is 3.86. The fraction of sp³-hybridized carbons (Fsp3) is 0.250. The Labute approximate surface area is 102 Å². The Bertz CT molecular complexity index is 520. The van der Waals surface area contributed by atoms with Gasteiger partial charge in [-0.2, -0.15) is 0 Å². The molecule has 0 aliphatic carbocycles. The highest BCUT2D eigenvalue weighted by atomic mass is 32.2. The van der Waals surface area contributed by atoms with Crippen molar-refractivity contribution in [1.29, 1.82) is 0 Å². The van der Waals surface area contributed by atoms with E-state index in [1.807, 2.05) is 13.8 Å². The monoisotopic (exact) mass is 255 g/mol. The molecule has 0 aliphatic rings. The van der Waals surface area contributed by atoms with Gasteiger partial charge >= 0.3 is 0 Å². The van der Waals surface area contributed by atoms with Gasteiger partial charge in [0.05, 0.1) is 5.69 Å². The van der Waals surface area contributed by atoms with Crippen molar-refractivity contribution in [3.05, 3.63) is 46.9 Å². The minimum Gasteiger partial charge on any atom is -0.437 e. The maximum Gasteiger partial charge on any atom is 0.256 e. The quantitative estimate of drug-likeness (QED) is 0.779. The lowest BCUT2D eigenvalue weighted by Crippen LogP contribution is -1.91. The highest BCUT2D eigenvalue weighted by Gasteiger charge is 2.10. The minimum absolute atomic E-state index is 0.295. The number of rotatable bonds is 3. The SMILES string of the molecule is Cc1nc(SCc2cccc(F)c2F)oc1C. The molecule has 1 heterocycles. The van der Waals surface area contributed by atoms with E-state index in [1.54, 1.807) is 6.07 Å². The van der Waals surface area contributed by atoms with Crippen LogP contribution in [0.4, 0.5) is 8.78 Å². The molecule has 0 saturated carbocycles. The molecule has 17 heavy (non-hydrogen) atoms. The molecule has 0 unspecified atom stereocenters. The fourth-order valence-corrected chi connectivity index (χ4v) is 2.19. The van der Waals surface area contributed by atoms with Crippen LogP contribution in [0.3, 0.4) is 0 Å². The van der Waals surface area contributed by atoms with E-state index in [1.165, 1.54) is 17.8 Å². The van der Waals surface area contributed by atoms with Gasteiger partial charge in [0.15, 0.2) is 11.6 Å². The zero-order chi connectivity index (χ0) is 12.4. The van der Waals surface area contributed by atoms with Crippen LogP contribution in [0.5, 0.6) is 0 Å². The van der Waals surface area contributed by atoms with Crippen LogP contribution >= 0.6 is 11.8 Å². The van der Waals surface area contributed by atoms with Crippen LogP contribution in [0.15, 0.2) is 27.8 Å². The van der Waals surface area contributed by atoms with E-state index in [4.69, 9.17) is 4.42 Å². The predicted molar refractivity (Wildman–Crippen MR) is 61.9 cm³/mol. The van der Waals surface area contributed by atoms with Crippen molar-refractivity contribution in [1.82, 2.24) is 4.98 Å². The molecular weight excluding hydrogens is 244 g/mol. The molecule has 0 bridgehead atoms. The molecule has 1 aromatic heterocycles. The number of aryl methyl sites for hydroxylation is 2. The van der Waals surface area contributed by atoms with Crippen LogP contribution in [0, 0.1) is 25.5 Å². The third-order valence-corrected chi connectivity index (χ3v) is 3.27. The molecule has 5 heteroatoms. The summed E-state index contributed by atoms with van der Waals surface area (Å²) in [4.78, 5) is 4.16. The number of hydrogen-bond donors (Lipinski definition) is 0. The Morgan fingerprint density at radius 3 is 2.71 bits per heavy atom. The first-order valence-electron chi connectivity index (χ1n) is 5.07. The van der Waals surface area contributed by atoms with E-state index < -0.39 is 11.6 Å². The van der Waals surface area contributed by atoms with Crippen molar-refractivity contribution >= 4 is 11.8 Å². The van der Waals surface area contributed by atoms with Crippen LogP contribution < -0.4 is 0 Å². The molecule has 0 atom stereocenters. The highest BCUT2D eigenvalue weighted by molar-refractivity contribution is 7.98. The molecular formula is C12H11F2NOS. The van der Waals surface area contributed by atoms with Crippen molar-refractivity contribution in [2.24, 2.45) is 0 Å². The van der Waals surface area contributed by atoms with E-state index in [-0.39, 0.29) is 0 Å². The third kappa shape index (κ3) is 2.66. The number of halogens is 2. The standard InChI is InChI=1S/C12H11F2NOS/c1-7-8(2)16-12(15-7)17-6-9-4-3-5-10(13)11(9)14/h3-5H,6H2,1-2H3. The van der Waals surface area contributed by atoms with Crippen molar-refractivity contribution in [3.8, 4) is 0 Å². The van der Waals surface area contributed by atoms with Gasteiger partial charge in [-0.1, -0.05) is 23.9 Å². The van der Waals surface area contributed by atoms with Crippen LogP contribution in [0.2, 0.25) is 0 Å². The molecule has 2 rings (SSSR count). The van der Waals surface area contributed by atoms with Crippen molar-refractivity contribution in [3.63, 3.8) is 0 Å². The molecule has 0 radical (unpaired) electrons. The molecule has 2 aromatic rings. The lowest BCUT2D eigenvalue weighted by atomic mass is 10.2. The molecule has 0 aliphatic heterocycles. The maximum atomic E-state index is 13.3. The normalized spacial score (nSPS) is 10.8. The van der Waals surface area contributed by atoms with Gasteiger partial charge in [-0.05, 0) is 19.9 Å². The average Bonchev–Trinajstić information content (AvgIpc) is 2.61. The summed E-state index contributed by atoms with van der Waals surface area (Å²) in [6.45, 7) is 3.65. The van der Waals surface area contributed by atoms with Crippen LogP contribution in [0.1, 0.15) is 17.0 Å². The topological polar surface area (TPSA) is 26.0 Å². The molecule has 0 spiro atoms. The molecule has 0 amide bonds. The molecule has 2 nitrogen and oxygen atoms in total. The molecule has 90 valence electrons. The van der Waals surface area contributed by atoms with Gasteiger partial charge in [0.2, 0.25) is 0 Å². The fourth-order valence-electron chi connectivity index (χ4n) is 1.30. The number of aromatic nitrogens is 1. The van der Waals surface area contributed by atoms with E-state index in [0.29, 0.717) is 16.5 Å². The van der Waals surface area contributed by atoms with E-state index in [9.17, 15) is 8.78 Å². The van der Waals surface area contributed by atoms with Crippen LogP contribution in [-0.4, -0.2) is 4.98 Å². The zero-order valence-corrected chi connectivity index (χ0v) is 10.3. The van der Waals surface area contributed by atoms with Crippen molar-refractivity contribution in [2.45, 2.75) is 24.8 Å². The largest absolute Gasteiger partial charge is 0.437 e. The van der Waals surface area contributed by atoms with Gasteiger partial charge < -0.3 is 4.42 Å². The second kappa shape index (κ2) is 4.87. The molecule has 1 aromatic carbocycles. The van der Waals surface area contributed by atoms with Gasteiger partial charge in [0, 0.05) is 11.3 Å². The number of hydrogen-bond acceptors (Lipinski definition) is 3. The lowest BCUT2D eigenvalue weighted by Gasteiger charge is -2.01. The molecule has 0 saturated heterocycles. The number of thioether (sulfide) groups is 1. The Kier molecular flexibility index (Phi) is 3.47. The Hall–Kier alpha value is -1.36. The Balaban J connectivity index is 2.10. The first kappa shape index (κ1) is 12.1. The summed E-state index contributed by atoms with van der Waals surface area (Å²) in [6, 6.07) is 4.14. The smallest absolute Gasteiger partial charge is 0.256 e. The summed E-state index contributed by atoms with van der Waals surface area (Å²) in [5, 5.41) is 0.476. The summed E-state index contributed by atoms with van der Waals surface area (Å²) in [5.41, 5.74) is 1.12. The highest BCUT2D eigenvalue weighted by Crippen LogP contribution is 2.25. The summed E-state index contributed by atoms with van der Waals surface area (Å²) < 4.78 is 31.6. The lowest BCUT2D eigenvalue weighted by molar-refractivity contribution is 0.431. The van der Waals surface area contributed by atoms with Gasteiger partial charge in [-0.3, -0.25) is 0 Å². The minimum atomic E-state index is -0.831.